The third-order valence-electron chi connectivity index (χ3n) is 3.96. The standard InChI is InChI=1S/C14H8N4.C4H8N2.Pt/c1-3-10-5-15-7-17-13(10)12-9(1)2-4-11-6-16-8-18-14(11)12;1-2-6-4-3-5-1;/h1-8H;1-4H2;/q;-2;+2. The Morgan fingerprint density at radius 3 is 1.52 bits per heavy atom. The van der Waals surface area contributed by atoms with Crippen LogP contribution in [0, 0.1) is 0 Å². The van der Waals surface area contributed by atoms with E-state index in [1.807, 2.05) is 24.5 Å². The summed E-state index contributed by atoms with van der Waals surface area (Å²) in [5.41, 5.74) is 1.87. The van der Waals surface area contributed by atoms with Gasteiger partial charge in [-0.25, -0.2) is 19.9 Å². The van der Waals surface area contributed by atoms with Crippen LogP contribution in [0.5, 0.6) is 0 Å². The molecule has 0 radical (unpaired) electrons. The van der Waals surface area contributed by atoms with Gasteiger partial charge >= 0.3 is 21.1 Å². The van der Waals surface area contributed by atoms with Crippen LogP contribution < -0.4 is 0 Å². The summed E-state index contributed by atoms with van der Waals surface area (Å²) in [7, 11) is 0. The Labute approximate surface area is 159 Å². The van der Waals surface area contributed by atoms with Gasteiger partial charge in [0.25, 0.3) is 0 Å². The fourth-order valence-electron chi connectivity index (χ4n) is 2.82. The second-order valence-electron chi connectivity index (χ2n) is 5.49. The summed E-state index contributed by atoms with van der Waals surface area (Å²) in [6.07, 6.45) is 6.78. The van der Waals surface area contributed by atoms with Gasteiger partial charge < -0.3 is 10.6 Å². The Balaban J connectivity index is 0.000000224. The first-order valence-corrected chi connectivity index (χ1v) is 7.91. The zero-order valence-electron chi connectivity index (χ0n) is 13.4. The fraction of sp³-hybridized carbons (Fsp3) is 0.222. The molecule has 2 aromatic heterocycles. The van der Waals surface area contributed by atoms with E-state index in [1.165, 1.54) is 0 Å². The third kappa shape index (κ3) is 3.81. The van der Waals surface area contributed by atoms with Crippen LogP contribution in [0.2, 0.25) is 0 Å². The Morgan fingerprint density at radius 2 is 1.08 bits per heavy atom. The van der Waals surface area contributed by atoms with Crippen molar-refractivity contribution in [1.82, 2.24) is 19.9 Å². The molecule has 2 aromatic carbocycles. The molecule has 0 saturated carbocycles. The van der Waals surface area contributed by atoms with Crippen LogP contribution in [0.4, 0.5) is 0 Å². The summed E-state index contributed by atoms with van der Waals surface area (Å²) in [6, 6.07) is 8.21. The van der Waals surface area contributed by atoms with Gasteiger partial charge in [0.1, 0.15) is 12.7 Å². The van der Waals surface area contributed by atoms with E-state index in [1.54, 1.807) is 12.7 Å². The van der Waals surface area contributed by atoms with Gasteiger partial charge in [-0.05, 0) is 5.39 Å². The minimum Gasteiger partial charge on any atom is -0.665 e. The zero-order chi connectivity index (χ0) is 16.2. The molecule has 6 nitrogen and oxygen atoms in total. The first-order chi connectivity index (χ1) is 11.9. The van der Waals surface area contributed by atoms with Gasteiger partial charge in [0.2, 0.25) is 0 Å². The van der Waals surface area contributed by atoms with Gasteiger partial charge in [-0.1, -0.05) is 24.3 Å². The second-order valence-corrected chi connectivity index (χ2v) is 5.49. The molecule has 1 aliphatic rings. The number of nitrogens with zero attached hydrogens (tertiary/aromatic N) is 6. The summed E-state index contributed by atoms with van der Waals surface area (Å²) < 4.78 is 0. The van der Waals surface area contributed by atoms with Crippen LogP contribution in [0.3, 0.4) is 0 Å². The van der Waals surface area contributed by atoms with Crippen molar-refractivity contribution >= 4 is 32.6 Å². The van der Waals surface area contributed by atoms with E-state index in [9.17, 15) is 0 Å². The molecule has 1 fully saturated rings. The van der Waals surface area contributed by atoms with Gasteiger partial charge in [0.05, 0.1) is 11.0 Å². The number of hydrogen-bond donors (Lipinski definition) is 0. The summed E-state index contributed by atoms with van der Waals surface area (Å²) in [5.74, 6) is 0. The van der Waals surface area contributed by atoms with Crippen molar-refractivity contribution in [3.8, 4) is 0 Å². The quantitative estimate of drug-likeness (QED) is 0.339. The van der Waals surface area contributed by atoms with Crippen LogP contribution >= 0.6 is 0 Å². The van der Waals surface area contributed by atoms with Crippen LogP contribution in [-0.2, 0) is 21.1 Å². The summed E-state index contributed by atoms with van der Waals surface area (Å²) in [4.78, 5) is 16.9. The van der Waals surface area contributed by atoms with Crippen molar-refractivity contribution in [2.24, 2.45) is 0 Å². The summed E-state index contributed by atoms with van der Waals surface area (Å²) in [6.45, 7) is 3.83. The van der Waals surface area contributed by atoms with Crippen molar-refractivity contribution in [2.45, 2.75) is 0 Å². The van der Waals surface area contributed by atoms with Gasteiger partial charge in [0, 0.05) is 28.6 Å². The van der Waals surface area contributed by atoms with E-state index >= 15 is 0 Å². The second kappa shape index (κ2) is 8.38. The van der Waals surface area contributed by atoms with Crippen molar-refractivity contribution in [3.63, 3.8) is 0 Å². The first kappa shape index (κ1) is 17.8. The van der Waals surface area contributed by atoms with Crippen molar-refractivity contribution in [2.75, 3.05) is 26.2 Å². The Hall–Kier alpha value is -2.01. The number of hydrogen-bond acceptors (Lipinski definition) is 4. The molecule has 0 N–H and O–H groups in total. The fourth-order valence-corrected chi connectivity index (χ4v) is 2.82. The molecule has 4 aromatic rings. The van der Waals surface area contributed by atoms with Crippen molar-refractivity contribution in [3.05, 3.63) is 59.9 Å². The Kier molecular flexibility index (Phi) is 5.97. The van der Waals surface area contributed by atoms with Gasteiger partial charge in [-0.15, -0.1) is 0 Å². The van der Waals surface area contributed by atoms with E-state index < -0.39 is 0 Å². The van der Waals surface area contributed by atoms with Gasteiger partial charge in [-0.2, -0.15) is 26.2 Å². The average molecular weight is 511 g/mol. The molecule has 128 valence electrons. The van der Waals surface area contributed by atoms with E-state index in [4.69, 9.17) is 0 Å². The maximum Gasteiger partial charge on any atom is 2.00 e. The van der Waals surface area contributed by atoms with Crippen LogP contribution in [0.1, 0.15) is 0 Å². The van der Waals surface area contributed by atoms with Crippen LogP contribution in [0.25, 0.3) is 43.2 Å². The molecule has 0 bridgehead atoms. The predicted octanol–water partition coefficient (Wildman–Crippen LogP) is 3.47. The molecule has 3 heterocycles. The minimum atomic E-state index is 0. The molecule has 0 unspecified atom stereocenters. The number of fused-ring (bicyclic) bond motifs is 5. The maximum absolute atomic E-state index is 4.39. The average Bonchev–Trinajstić information content (AvgIpc) is 2.69. The number of rotatable bonds is 0. The maximum atomic E-state index is 4.39. The van der Waals surface area contributed by atoms with Crippen molar-refractivity contribution < 1.29 is 21.1 Å². The zero-order valence-corrected chi connectivity index (χ0v) is 15.7. The molecule has 5 rings (SSSR count). The Morgan fingerprint density at radius 1 is 0.640 bits per heavy atom. The molecule has 25 heavy (non-hydrogen) atoms. The predicted molar refractivity (Wildman–Crippen MR) is 96.3 cm³/mol. The van der Waals surface area contributed by atoms with E-state index in [2.05, 4.69) is 42.7 Å². The topological polar surface area (TPSA) is 79.8 Å². The molecule has 1 aliphatic heterocycles. The summed E-state index contributed by atoms with van der Waals surface area (Å²) in [5, 5.41) is 12.4. The van der Waals surface area contributed by atoms with E-state index in [0.29, 0.717) is 0 Å². The number of aromatic nitrogens is 4. The number of benzene rings is 2. The number of piperazine rings is 1. The van der Waals surface area contributed by atoms with Gasteiger partial charge in [0.15, 0.2) is 0 Å². The molecule has 7 heteroatoms. The van der Waals surface area contributed by atoms with Crippen LogP contribution in [0.15, 0.2) is 49.3 Å². The monoisotopic (exact) mass is 511 g/mol. The van der Waals surface area contributed by atoms with Crippen molar-refractivity contribution in [1.29, 1.82) is 0 Å². The van der Waals surface area contributed by atoms with Gasteiger partial charge in [-0.3, -0.25) is 0 Å². The van der Waals surface area contributed by atoms with E-state index in [0.717, 1.165) is 58.8 Å². The van der Waals surface area contributed by atoms with E-state index in [-0.39, 0.29) is 21.1 Å². The SMILES string of the molecule is C1C[N-]CC[N-]1.[Pt+2].c1ncc2ccc3ccc4cncnc4c3c2n1. The Bertz CT molecular complexity index is 905. The molecule has 0 aliphatic carbocycles. The molecule has 0 spiro atoms. The molecular weight excluding hydrogens is 495 g/mol. The third-order valence-corrected chi connectivity index (χ3v) is 3.96. The minimum absolute atomic E-state index is 0. The normalized spacial score (nSPS) is 13.9. The summed E-state index contributed by atoms with van der Waals surface area (Å²) >= 11 is 0. The molecule has 0 atom stereocenters. The smallest absolute Gasteiger partial charge is 0.665 e. The first-order valence-electron chi connectivity index (χ1n) is 7.91. The molecule has 0 amide bonds. The van der Waals surface area contributed by atoms with Crippen LogP contribution in [-0.4, -0.2) is 46.1 Å². The molecule has 1 saturated heterocycles. The largest absolute Gasteiger partial charge is 2.00 e. The molecular formula is C18H16N6Pt.